The predicted octanol–water partition coefficient (Wildman–Crippen LogP) is 1.80. The van der Waals surface area contributed by atoms with Crippen molar-refractivity contribution in [3.8, 4) is 0 Å². The van der Waals surface area contributed by atoms with Gasteiger partial charge in [0.2, 0.25) is 0 Å². The second-order valence-electron chi connectivity index (χ2n) is 3.92. The molecule has 0 bridgehead atoms. The quantitative estimate of drug-likeness (QED) is 0.685. The molecule has 0 aliphatic rings. The molecule has 0 aliphatic carbocycles. The highest BCUT2D eigenvalue weighted by atomic mass is 16.3. The first kappa shape index (κ1) is 13.2. The van der Waals surface area contributed by atoms with Crippen molar-refractivity contribution in [2.45, 2.75) is 33.7 Å². The van der Waals surface area contributed by atoms with E-state index < -0.39 is 0 Å². The lowest BCUT2D eigenvalue weighted by molar-refractivity contribution is 0.297. The van der Waals surface area contributed by atoms with Gasteiger partial charge in [0.25, 0.3) is 0 Å². The molecule has 0 fully saturated rings. The summed E-state index contributed by atoms with van der Waals surface area (Å²) in [5.41, 5.74) is 0.983. The lowest BCUT2D eigenvalue weighted by Crippen LogP contribution is -2.27. The molecule has 1 rings (SSSR count). The Morgan fingerprint density at radius 3 is 2.69 bits per heavy atom. The highest BCUT2D eigenvalue weighted by Crippen LogP contribution is 2.03. The van der Waals surface area contributed by atoms with Crippen LogP contribution >= 0.6 is 0 Å². The van der Waals surface area contributed by atoms with E-state index in [1.165, 1.54) is 12.8 Å². The third-order valence-electron chi connectivity index (χ3n) is 2.85. The van der Waals surface area contributed by atoms with Crippen LogP contribution in [0.3, 0.4) is 0 Å². The SMILES string of the molecule is CCN(CC)CCCNCc1ocnc1C. The molecule has 1 heterocycles. The number of rotatable bonds is 8. The summed E-state index contributed by atoms with van der Waals surface area (Å²) >= 11 is 0. The topological polar surface area (TPSA) is 41.3 Å². The van der Waals surface area contributed by atoms with Gasteiger partial charge in [0.1, 0.15) is 5.76 Å². The molecule has 0 aliphatic heterocycles. The van der Waals surface area contributed by atoms with Gasteiger partial charge in [-0.3, -0.25) is 0 Å². The average molecular weight is 225 g/mol. The summed E-state index contributed by atoms with van der Waals surface area (Å²) in [6, 6.07) is 0. The summed E-state index contributed by atoms with van der Waals surface area (Å²) < 4.78 is 5.25. The van der Waals surface area contributed by atoms with Crippen LogP contribution in [0.25, 0.3) is 0 Å². The maximum absolute atomic E-state index is 5.25. The van der Waals surface area contributed by atoms with Crippen molar-refractivity contribution in [1.82, 2.24) is 15.2 Å². The zero-order valence-electron chi connectivity index (χ0n) is 10.6. The molecule has 1 N–H and O–H groups in total. The molecule has 0 unspecified atom stereocenters. The highest BCUT2D eigenvalue weighted by Gasteiger charge is 2.02. The van der Waals surface area contributed by atoms with Crippen LogP contribution in [0.1, 0.15) is 31.7 Å². The molecule has 92 valence electrons. The number of aryl methyl sites for hydroxylation is 1. The van der Waals surface area contributed by atoms with Crippen molar-refractivity contribution in [3.05, 3.63) is 17.8 Å². The first-order valence-electron chi connectivity index (χ1n) is 6.10. The van der Waals surface area contributed by atoms with E-state index in [1.54, 1.807) is 0 Å². The lowest BCUT2D eigenvalue weighted by Gasteiger charge is -2.17. The summed E-state index contributed by atoms with van der Waals surface area (Å²) in [5.74, 6) is 0.947. The molecule has 0 saturated heterocycles. The van der Waals surface area contributed by atoms with Crippen LogP contribution in [-0.4, -0.2) is 36.1 Å². The fraction of sp³-hybridized carbons (Fsp3) is 0.750. The Labute approximate surface area is 98.0 Å². The summed E-state index contributed by atoms with van der Waals surface area (Å²) in [4.78, 5) is 6.49. The van der Waals surface area contributed by atoms with E-state index in [-0.39, 0.29) is 0 Å². The van der Waals surface area contributed by atoms with Gasteiger partial charge < -0.3 is 14.6 Å². The number of nitrogens with one attached hydrogen (secondary N) is 1. The number of nitrogens with zero attached hydrogens (tertiary/aromatic N) is 2. The summed E-state index contributed by atoms with van der Waals surface area (Å²) in [6.45, 7) is 11.6. The largest absolute Gasteiger partial charge is 0.447 e. The highest BCUT2D eigenvalue weighted by molar-refractivity contribution is 5.03. The van der Waals surface area contributed by atoms with E-state index in [0.29, 0.717) is 0 Å². The molecule has 0 amide bonds. The Morgan fingerprint density at radius 2 is 2.12 bits per heavy atom. The van der Waals surface area contributed by atoms with E-state index in [4.69, 9.17) is 4.42 Å². The third-order valence-corrected chi connectivity index (χ3v) is 2.85. The molecule has 16 heavy (non-hydrogen) atoms. The molecule has 0 radical (unpaired) electrons. The molecule has 0 atom stereocenters. The average Bonchev–Trinajstić information content (AvgIpc) is 2.70. The van der Waals surface area contributed by atoms with Crippen molar-refractivity contribution in [1.29, 1.82) is 0 Å². The van der Waals surface area contributed by atoms with E-state index in [0.717, 1.165) is 44.2 Å². The van der Waals surface area contributed by atoms with E-state index >= 15 is 0 Å². The van der Waals surface area contributed by atoms with E-state index in [1.807, 2.05) is 6.92 Å². The predicted molar refractivity (Wildman–Crippen MR) is 65.4 cm³/mol. The van der Waals surface area contributed by atoms with Crippen LogP contribution in [0.15, 0.2) is 10.8 Å². The summed E-state index contributed by atoms with van der Waals surface area (Å²) in [6.07, 6.45) is 2.68. The van der Waals surface area contributed by atoms with Crippen LogP contribution in [-0.2, 0) is 6.54 Å². The Balaban J connectivity index is 2.06. The van der Waals surface area contributed by atoms with Gasteiger partial charge in [0, 0.05) is 0 Å². The molecule has 4 heteroatoms. The second kappa shape index (κ2) is 7.41. The van der Waals surface area contributed by atoms with Gasteiger partial charge in [0.15, 0.2) is 6.39 Å². The molecule has 0 aromatic carbocycles. The smallest absolute Gasteiger partial charge is 0.181 e. The van der Waals surface area contributed by atoms with Gasteiger partial charge in [-0.05, 0) is 39.5 Å². The molecule has 1 aromatic heterocycles. The van der Waals surface area contributed by atoms with Crippen molar-refractivity contribution in [2.24, 2.45) is 0 Å². The molecular formula is C12H23N3O. The van der Waals surface area contributed by atoms with E-state index in [9.17, 15) is 0 Å². The second-order valence-corrected chi connectivity index (χ2v) is 3.92. The Kier molecular flexibility index (Phi) is 6.11. The number of hydrogen-bond donors (Lipinski definition) is 1. The van der Waals surface area contributed by atoms with Crippen molar-refractivity contribution in [3.63, 3.8) is 0 Å². The van der Waals surface area contributed by atoms with Gasteiger partial charge in [0.05, 0.1) is 12.2 Å². The third kappa shape index (κ3) is 4.33. The monoisotopic (exact) mass is 225 g/mol. The minimum atomic E-state index is 0.782. The zero-order valence-corrected chi connectivity index (χ0v) is 10.6. The van der Waals surface area contributed by atoms with Crippen LogP contribution in [0.5, 0.6) is 0 Å². The maximum Gasteiger partial charge on any atom is 0.181 e. The standard InChI is InChI=1S/C12H23N3O/c1-4-15(5-2)8-6-7-13-9-12-11(3)14-10-16-12/h10,13H,4-9H2,1-3H3. The molecule has 0 spiro atoms. The Morgan fingerprint density at radius 1 is 1.38 bits per heavy atom. The minimum Gasteiger partial charge on any atom is -0.447 e. The fourth-order valence-corrected chi connectivity index (χ4v) is 1.67. The van der Waals surface area contributed by atoms with Crippen molar-refractivity contribution < 1.29 is 4.42 Å². The number of oxazole rings is 1. The normalized spacial score (nSPS) is 11.2. The van der Waals surface area contributed by atoms with Crippen LogP contribution in [0.2, 0.25) is 0 Å². The van der Waals surface area contributed by atoms with Crippen molar-refractivity contribution in [2.75, 3.05) is 26.2 Å². The van der Waals surface area contributed by atoms with Gasteiger partial charge in [-0.2, -0.15) is 0 Å². The minimum absolute atomic E-state index is 0.782. The fourth-order valence-electron chi connectivity index (χ4n) is 1.67. The van der Waals surface area contributed by atoms with Gasteiger partial charge in [-0.1, -0.05) is 13.8 Å². The number of hydrogen-bond acceptors (Lipinski definition) is 4. The summed E-state index contributed by atoms with van der Waals surface area (Å²) in [7, 11) is 0. The van der Waals surface area contributed by atoms with Gasteiger partial charge >= 0.3 is 0 Å². The van der Waals surface area contributed by atoms with E-state index in [2.05, 4.69) is 29.0 Å². The zero-order chi connectivity index (χ0) is 11.8. The summed E-state index contributed by atoms with van der Waals surface area (Å²) in [5, 5.41) is 3.37. The molecule has 0 saturated carbocycles. The van der Waals surface area contributed by atoms with Gasteiger partial charge in [-0.25, -0.2) is 4.98 Å². The maximum atomic E-state index is 5.25. The van der Waals surface area contributed by atoms with Crippen LogP contribution in [0, 0.1) is 6.92 Å². The van der Waals surface area contributed by atoms with Crippen LogP contribution in [0.4, 0.5) is 0 Å². The Bertz CT molecular complexity index is 282. The molecule has 1 aromatic rings. The first-order chi connectivity index (χ1) is 7.77. The number of aromatic nitrogens is 1. The Hall–Kier alpha value is -0.870. The first-order valence-corrected chi connectivity index (χ1v) is 6.10. The molecular weight excluding hydrogens is 202 g/mol. The van der Waals surface area contributed by atoms with Crippen molar-refractivity contribution >= 4 is 0 Å². The van der Waals surface area contributed by atoms with Gasteiger partial charge in [-0.15, -0.1) is 0 Å². The van der Waals surface area contributed by atoms with Crippen LogP contribution < -0.4 is 5.32 Å². The lowest BCUT2D eigenvalue weighted by atomic mass is 10.3. The molecule has 4 nitrogen and oxygen atoms in total.